The molecule has 4 nitrogen and oxygen atoms in total. The van der Waals surface area contributed by atoms with Crippen molar-refractivity contribution in [2.24, 2.45) is 0 Å². The van der Waals surface area contributed by atoms with Gasteiger partial charge in [0.2, 0.25) is 0 Å². The van der Waals surface area contributed by atoms with Gasteiger partial charge in [-0.3, -0.25) is 9.63 Å². The highest BCUT2D eigenvalue weighted by molar-refractivity contribution is 5.98. The number of hydroxylamine groups is 2. The van der Waals surface area contributed by atoms with Crippen LogP contribution in [0, 0.1) is 0 Å². The summed E-state index contributed by atoms with van der Waals surface area (Å²) in [6.45, 7) is 2.42. The highest BCUT2D eigenvalue weighted by Gasteiger charge is 2.37. The number of carbonyl (C=O) groups excluding carboxylic acids is 1. The number of ether oxygens (including phenoxy) is 1. The Kier molecular flexibility index (Phi) is 2.70. The van der Waals surface area contributed by atoms with Gasteiger partial charge < -0.3 is 4.74 Å². The van der Waals surface area contributed by atoms with Crippen LogP contribution in [0.5, 0.6) is 0 Å². The first kappa shape index (κ1) is 10.1. The zero-order valence-electron chi connectivity index (χ0n) is 8.77. The molecule has 0 radical (unpaired) electrons. The number of nitrogens with zero attached hydrogens (tertiary/aromatic N) is 1. The number of fused-ring (bicyclic) bond motifs is 1. The Bertz CT molecular complexity index is 378. The normalized spacial score (nSPS) is 19.5. The first-order valence-electron chi connectivity index (χ1n) is 4.87. The molecular formula is C11H13NO3. The van der Waals surface area contributed by atoms with E-state index in [0.29, 0.717) is 12.2 Å². The average molecular weight is 207 g/mol. The monoisotopic (exact) mass is 207 g/mol. The lowest BCUT2D eigenvalue weighted by Gasteiger charge is -2.21. The first-order chi connectivity index (χ1) is 7.29. The Hall–Kier alpha value is -1.39. The van der Waals surface area contributed by atoms with E-state index in [1.165, 1.54) is 12.2 Å². The van der Waals surface area contributed by atoms with Gasteiger partial charge in [0.05, 0.1) is 7.11 Å². The minimum Gasteiger partial charge on any atom is -0.352 e. The molecule has 0 aromatic heterocycles. The summed E-state index contributed by atoms with van der Waals surface area (Å²) in [6, 6.07) is 7.38. The molecule has 15 heavy (non-hydrogen) atoms. The third kappa shape index (κ3) is 1.52. The third-order valence-electron chi connectivity index (χ3n) is 2.39. The number of carbonyl (C=O) groups is 1. The molecule has 0 spiro atoms. The van der Waals surface area contributed by atoms with Crippen LogP contribution < -0.4 is 0 Å². The summed E-state index contributed by atoms with van der Waals surface area (Å²) >= 11 is 0. The maximum Gasteiger partial charge on any atom is 0.280 e. The van der Waals surface area contributed by atoms with Gasteiger partial charge in [-0.1, -0.05) is 18.2 Å². The van der Waals surface area contributed by atoms with Crippen LogP contribution in [0.3, 0.4) is 0 Å². The Morgan fingerprint density at radius 3 is 2.80 bits per heavy atom. The fraction of sp³-hybridized carbons (Fsp3) is 0.364. The van der Waals surface area contributed by atoms with E-state index in [0.717, 1.165) is 5.56 Å². The van der Waals surface area contributed by atoms with E-state index < -0.39 is 6.23 Å². The van der Waals surface area contributed by atoms with Crippen molar-refractivity contribution in [3.8, 4) is 0 Å². The van der Waals surface area contributed by atoms with Gasteiger partial charge in [0.15, 0.2) is 6.23 Å². The van der Waals surface area contributed by atoms with Crippen molar-refractivity contribution in [3.05, 3.63) is 35.4 Å². The fourth-order valence-electron chi connectivity index (χ4n) is 1.75. The van der Waals surface area contributed by atoms with Gasteiger partial charge in [-0.25, -0.2) is 0 Å². The summed E-state index contributed by atoms with van der Waals surface area (Å²) in [5.41, 5.74) is 1.52. The summed E-state index contributed by atoms with van der Waals surface area (Å²) in [7, 11) is 1.47. The van der Waals surface area contributed by atoms with E-state index in [9.17, 15) is 4.79 Å². The molecule has 0 N–H and O–H groups in total. The molecule has 0 aliphatic carbocycles. The number of benzene rings is 1. The highest BCUT2D eigenvalue weighted by atomic mass is 16.7. The maximum absolute atomic E-state index is 11.8. The van der Waals surface area contributed by atoms with Crippen molar-refractivity contribution < 1.29 is 14.4 Å². The molecule has 1 aliphatic rings. The number of amides is 1. The minimum absolute atomic E-state index is 0.147. The lowest BCUT2D eigenvalue weighted by atomic mass is 10.1. The molecule has 1 amide bonds. The molecule has 1 unspecified atom stereocenters. The largest absolute Gasteiger partial charge is 0.352 e. The Morgan fingerprint density at radius 1 is 1.40 bits per heavy atom. The van der Waals surface area contributed by atoms with Gasteiger partial charge in [-0.15, -0.1) is 0 Å². The number of hydrogen-bond donors (Lipinski definition) is 0. The second-order valence-electron chi connectivity index (χ2n) is 3.21. The van der Waals surface area contributed by atoms with Crippen LogP contribution in [0.2, 0.25) is 0 Å². The molecule has 0 saturated heterocycles. The standard InChI is InChI=1S/C11H13NO3/c1-3-15-11-9-7-5-4-6-8(9)10(13)12(11)14-2/h4-7,11H,3H2,1-2H3. The summed E-state index contributed by atoms with van der Waals surface area (Å²) in [5.74, 6) is -0.147. The van der Waals surface area contributed by atoms with Crippen molar-refractivity contribution in [2.75, 3.05) is 13.7 Å². The molecule has 1 aromatic carbocycles. The summed E-state index contributed by atoms with van der Waals surface area (Å²) < 4.78 is 5.48. The maximum atomic E-state index is 11.8. The van der Waals surface area contributed by atoms with Gasteiger partial charge in [-0.05, 0) is 13.0 Å². The highest BCUT2D eigenvalue weighted by Crippen LogP contribution is 2.33. The molecule has 1 heterocycles. The Morgan fingerprint density at radius 2 is 2.13 bits per heavy atom. The van der Waals surface area contributed by atoms with Crippen LogP contribution in [0.4, 0.5) is 0 Å². The number of rotatable bonds is 3. The van der Waals surface area contributed by atoms with Crippen molar-refractivity contribution in [1.82, 2.24) is 5.06 Å². The number of hydrogen-bond acceptors (Lipinski definition) is 3. The van der Waals surface area contributed by atoms with Crippen LogP contribution >= 0.6 is 0 Å². The zero-order valence-corrected chi connectivity index (χ0v) is 8.77. The SMILES string of the molecule is CCOC1c2ccccc2C(=O)N1OC. The van der Waals surface area contributed by atoms with Gasteiger partial charge in [0, 0.05) is 17.7 Å². The van der Waals surface area contributed by atoms with Gasteiger partial charge >= 0.3 is 0 Å². The molecule has 1 atom stereocenters. The zero-order chi connectivity index (χ0) is 10.8. The summed E-state index contributed by atoms with van der Waals surface area (Å²) in [6.07, 6.45) is -0.413. The smallest absolute Gasteiger partial charge is 0.280 e. The Labute approximate surface area is 88.4 Å². The first-order valence-corrected chi connectivity index (χ1v) is 4.87. The second kappa shape index (κ2) is 4.00. The average Bonchev–Trinajstić information content (AvgIpc) is 2.54. The predicted octanol–water partition coefficient (Wildman–Crippen LogP) is 1.74. The van der Waals surface area contributed by atoms with Crippen LogP contribution in [0.25, 0.3) is 0 Å². The van der Waals surface area contributed by atoms with Crippen molar-refractivity contribution >= 4 is 5.91 Å². The van der Waals surface area contributed by atoms with Gasteiger partial charge in [0.25, 0.3) is 5.91 Å². The molecule has 1 aromatic rings. The van der Waals surface area contributed by atoms with E-state index in [-0.39, 0.29) is 5.91 Å². The Balaban J connectivity index is 2.41. The van der Waals surface area contributed by atoms with Crippen molar-refractivity contribution in [1.29, 1.82) is 0 Å². The second-order valence-corrected chi connectivity index (χ2v) is 3.21. The summed E-state index contributed by atoms with van der Waals surface area (Å²) in [5, 5.41) is 1.26. The molecule has 1 aliphatic heterocycles. The van der Waals surface area contributed by atoms with Crippen LogP contribution in [-0.4, -0.2) is 24.7 Å². The van der Waals surface area contributed by atoms with Crippen molar-refractivity contribution in [3.63, 3.8) is 0 Å². The van der Waals surface area contributed by atoms with Gasteiger partial charge in [0.1, 0.15) is 0 Å². The lowest BCUT2D eigenvalue weighted by molar-refractivity contribution is -0.197. The molecule has 0 fully saturated rings. The minimum atomic E-state index is -0.413. The van der Waals surface area contributed by atoms with Crippen LogP contribution in [0.1, 0.15) is 29.1 Å². The van der Waals surface area contributed by atoms with E-state index in [4.69, 9.17) is 9.57 Å². The van der Waals surface area contributed by atoms with Crippen LogP contribution in [-0.2, 0) is 9.57 Å². The van der Waals surface area contributed by atoms with E-state index in [1.54, 1.807) is 6.07 Å². The predicted molar refractivity (Wildman–Crippen MR) is 54.0 cm³/mol. The van der Waals surface area contributed by atoms with E-state index in [1.807, 2.05) is 25.1 Å². The lowest BCUT2D eigenvalue weighted by Crippen LogP contribution is -2.28. The third-order valence-corrected chi connectivity index (χ3v) is 2.39. The topological polar surface area (TPSA) is 38.8 Å². The molecule has 0 bridgehead atoms. The molecule has 4 heteroatoms. The fourth-order valence-corrected chi connectivity index (χ4v) is 1.75. The molecular weight excluding hydrogens is 194 g/mol. The molecule has 2 rings (SSSR count). The molecule has 80 valence electrons. The van der Waals surface area contributed by atoms with Gasteiger partial charge in [-0.2, -0.15) is 5.06 Å². The van der Waals surface area contributed by atoms with E-state index >= 15 is 0 Å². The van der Waals surface area contributed by atoms with Crippen molar-refractivity contribution in [2.45, 2.75) is 13.2 Å². The van der Waals surface area contributed by atoms with Crippen LogP contribution in [0.15, 0.2) is 24.3 Å². The molecule has 0 saturated carbocycles. The summed E-state index contributed by atoms with van der Waals surface area (Å²) in [4.78, 5) is 16.9. The quantitative estimate of drug-likeness (QED) is 0.757. The van der Waals surface area contributed by atoms with E-state index in [2.05, 4.69) is 0 Å².